The number of thiazole rings is 1. The van der Waals surface area contributed by atoms with Gasteiger partial charge in [-0.25, -0.2) is 13.4 Å². The Kier molecular flexibility index (Phi) is 6.23. The van der Waals surface area contributed by atoms with Crippen molar-refractivity contribution in [2.75, 3.05) is 17.8 Å². The van der Waals surface area contributed by atoms with Crippen LogP contribution >= 0.6 is 22.9 Å². The Balaban J connectivity index is 1.69. The van der Waals surface area contributed by atoms with Gasteiger partial charge in [0.2, 0.25) is 5.91 Å². The number of benzene rings is 2. The quantitative estimate of drug-likeness (QED) is 0.367. The maximum Gasteiger partial charge on any atom is 0.244 e. The summed E-state index contributed by atoms with van der Waals surface area (Å²) >= 11 is 7.56. The van der Waals surface area contributed by atoms with E-state index in [1.54, 1.807) is 18.2 Å². The van der Waals surface area contributed by atoms with Gasteiger partial charge in [-0.1, -0.05) is 29.0 Å². The second-order valence-electron chi connectivity index (χ2n) is 7.03. The minimum absolute atomic E-state index is 0.0350. The van der Waals surface area contributed by atoms with Gasteiger partial charge in [-0.2, -0.15) is 0 Å². The van der Waals surface area contributed by atoms with Crippen LogP contribution in [0.25, 0.3) is 10.2 Å². The lowest BCUT2D eigenvalue weighted by Crippen LogP contribution is -2.35. The lowest BCUT2D eigenvalue weighted by molar-refractivity contribution is -0.116. The number of carbonyl (C=O) groups excluding carboxylic acids is 1. The fourth-order valence-corrected chi connectivity index (χ4v) is 5.67. The number of hydrogen-bond acceptors (Lipinski definition) is 7. The highest BCUT2D eigenvalue weighted by molar-refractivity contribution is 7.92. The Bertz CT molecular complexity index is 1320. The Hall–Kier alpha value is -2.88. The topological polar surface area (TPSA) is 89.7 Å². The summed E-state index contributed by atoms with van der Waals surface area (Å²) in [6.07, 6.45) is 1.49. The first-order valence-electron chi connectivity index (χ1n) is 9.53. The number of aromatic nitrogens is 1. The van der Waals surface area contributed by atoms with E-state index in [1.807, 2.05) is 13.0 Å². The number of ether oxygens (including phenoxy) is 1. The number of anilines is 1. The minimum Gasteiger partial charge on any atom is -0.497 e. The van der Waals surface area contributed by atoms with Gasteiger partial charge in [-0.05, 0) is 55.0 Å². The number of fused-ring (bicyclic) bond motifs is 1. The van der Waals surface area contributed by atoms with Crippen molar-refractivity contribution in [3.63, 3.8) is 0 Å². The molecule has 7 nitrogen and oxygen atoms in total. The lowest BCUT2D eigenvalue weighted by Gasteiger charge is -2.18. The molecule has 0 aliphatic rings. The third-order valence-corrected chi connectivity index (χ3v) is 8.00. The van der Waals surface area contributed by atoms with Crippen molar-refractivity contribution in [3.8, 4) is 5.75 Å². The molecule has 0 saturated heterocycles. The third kappa shape index (κ3) is 4.50. The van der Waals surface area contributed by atoms with Crippen molar-refractivity contribution in [1.82, 2.24) is 4.98 Å². The van der Waals surface area contributed by atoms with Gasteiger partial charge in [0.1, 0.15) is 17.3 Å². The molecule has 0 atom stereocenters. The van der Waals surface area contributed by atoms with Crippen LogP contribution in [0.3, 0.4) is 0 Å². The number of nitrogens with zero attached hydrogens (tertiary/aromatic N) is 2. The summed E-state index contributed by atoms with van der Waals surface area (Å²) in [6, 6.07) is 12.9. The average Bonchev–Trinajstić information content (AvgIpc) is 3.45. The van der Waals surface area contributed by atoms with Crippen LogP contribution in [0.2, 0.25) is 5.02 Å². The van der Waals surface area contributed by atoms with Crippen molar-refractivity contribution in [3.05, 3.63) is 71.1 Å². The summed E-state index contributed by atoms with van der Waals surface area (Å²) in [5.41, 5.74) is 1.58. The summed E-state index contributed by atoms with van der Waals surface area (Å²) in [7, 11) is -2.40. The molecule has 4 rings (SSSR count). The van der Waals surface area contributed by atoms with Crippen LogP contribution < -0.4 is 9.64 Å². The monoisotopic (exact) mass is 490 g/mol. The molecule has 166 valence electrons. The number of furan rings is 1. The van der Waals surface area contributed by atoms with E-state index in [0.29, 0.717) is 27.2 Å². The highest BCUT2D eigenvalue weighted by atomic mass is 35.5. The van der Waals surface area contributed by atoms with E-state index in [1.165, 1.54) is 53.9 Å². The van der Waals surface area contributed by atoms with Crippen LogP contribution in [-0.2, 0) is 21.2 Å². The van der Waals surface area contributed by atoms with Gasteiger partial charge >= 0.3 is 0 Å². The van der Waals surface area contributed by atoms with Crippen molar-refractivity contribution < 1.29 is 22.4 Å². The van der Waals surface area contributed by atoms with Crippen molar-refractivity contribution in [2.24, 2.45) is 0 Å². The first-order chi connectivity index (χ1) is 15.3. The first kappa shape index (κ1) is 22.3. The van der Waals surface area contributed by atoms with Crippen LogP contribution in [0.5, 0.6) is 5.75 Å². The standard InChI is InChI=1S/C22H19ClN2O5S2/c1-14-5-10-18(23)21-20(14)24-22(31-21)25(12-16-4-3-11-30-16)19(26)13-32(27,28)17-8-6-15(29-2)7-9-17/h3-11H,12-13H2,1-2H3. The largest absolute Gasteiger partial charge is 0.497 e. The molecule has 0 bridgehead atoms. The molecule has 0 fully saturated rings. The maximum absolute atomic E-state index is 13.2. The molecule has 0 saturated carbocycles. The van der Waals surface area contributed by atoms with Gasteiger partial charge < -0.3 is 9.15 Å². The lowest BCUT2D eigenvalue weighted by atomic mass is 10.2. The Morgan fingerprint density at radius 3 is 2.56 bits per heavy atom. The van der Waals surface area contributed by atoms with Gasteiger partial charge in [0, 0.05) is 0 Å². The fraction of sp³-hybridized carbons (Fsp3) is 0.182. The van der Waals surface area contributed by atoms with Crippen LogP contribution in [0.15, 0.2) is 64.1 Å². The predicted molar refractivity (Wildman–Crippen MR) is 124 cm³/mol. The summed E-state index contributed by atoms with van der Waals surface area (Å²) in [5.74, 6) is -0.313. The Labute approximate surface area is 194 Å². The zero-order valence-corrected chi connectivity index (χ0v) is 19.6. The molecular formula is C22H19ClN2O5S2. The second-order valence-corrected chi connectivity index (χ2v) is 10.4. The first-order valence-corrected chi connectivity index (χ1v) is 12.4. The van der Waals surface area contributed by atoms with Gasteiger partial charge in [-0.3, -0.25) is 9.69 Å². The predicted octanol–water partition coefficient (Wildman–Crippen LogP) is 4.87. The second kappa shape index (κ2) is 8.93. The van der Waals surface area contributed by atoms with E-state index in [0.717, 1.165) is 10.3 Å². The Morgan fingerprint density at radius 2 is 1.94 bits per heavy atom. The highest BCUT2D eigenvalue weighted by Crippen LogP contribution is 2.36. The molecule has 0 N–H and O–H groups in total. The number of rotatable bonds is 7. The Morgan fingerprint density at radius 1 is 1.19 bits per heavy atom. The molecule has 0 radical (unpaired) electrons. The van der Waals surface area contributed by atoms with Crippen LogP contribution in [0.4, 0.5) is 5.13 Å². The molecule has 2 aromatic carbocycles. The highest BCUT2D eigenvalue weighted by Gasteiger charge is 2.28. The van der Waals surface area contributed by atoms with Gasteiger partial charge in [0.05, 0.1) is 40.1 Å². The zero-order valence-electron chi connectivity index (χ0n) is 17.2. The summed E-state index contributed by atoms with van der Waals surface area (Å²) in [6.45, 7) is 1.94. The van der Waals surface area contributed by atoms with E-state index < -0.39 is 21.5 Å². The molecule has 2 aromatic heterocycles. The number of halogens is 1. The molecule has 0 aliphatic carbocycles. The average molecular weight is 491 g/mol. The van der Waals surface area contributed by atoms with Crippen LogP contribution in [0, 0.1) is 6.92 Å². The molecular weight excluding hydrogens is 472 g/mol. The van der Waals surface area contributed by atoms with Crippen molar-refractivity contribution in [1.29, 1.82) is 0 Å². The van der Waals surface area contributed by atoms with E-state index in [4.69, 9.17) is 20.8 Å². The van der Waals surface area contributed by atoms with E-state index in [2.05, 4.69) is 4.98 Å². The number of methoxy groups -OCH3 is 1. The van der Waals surface area contributed by atoms with Crippen LogP contribution in [0.1, 0.15) is 11.3 Å². The molecule has 32 heavy (non-hydrogen) atoms. The van der Waals surface area contributed by atoms with Crippen molar-refractivity contribution >= 4 is 54.0 Å². The fourth-order valence-electron chi connectivity index (χ4n) is 3.13. The molecule has 0 aliphatic heterocycles. The zero-order chi connectivity index (χ0) is 22.9. The minimum atomic E-state index is -3.89. The van der Waals surface area contributed by atoms with Crippen LogP contribution in [-0.4, -0.2) is 32.2 Å². The number of sulfone groups is 1. The van der Waals surface area contributed by atoms with E-state index in [9.17, 15) is 13.2 Å². The van der Waals surface area contributed by atoms with Gasteiger partial charge in [0.15, 0.2) is 15.0 Å². The molecule has 4 aromatic rings. The number of aryl methyl sites for hydroxylation is 1. The summed E-state index contributed by atoms with van der Waals surface area (Å²) < 4.78 is 37.0. The smallest absolute Gasteiger partial charge is 0.244 e. The van der Waals surface area contributed by atoms with Crippen molar-refractivity contribution in [2.45, 2.75) is 18.4 Å². The van der Waals surface area contributed by atoms with Gasteiger partial charge in [-0.15, -0.1) is 0 Å². The molecule has 0 unspecified atom stereocenters. The number of amides is 1. The summed E-state index contributed by atoms with van der Waals surface area (Å²) in [5, 5.41) is 0.869. The molecule has 2 heterocycles. The maximum atomic E-state index is 13.2. The van der Waals surface area contributed by atoms with Gasteiger partial charge in [0.25, 0.3) is 0 Å². The molecule has 10 heteroatoms. The SMILES string of the molecule is COc1ccc(S(=O)(=O)CC(=O)N(Cc2ccco2)c2nc3c(C)ccc(Cl)c3s2)cc1. The number of carbonyl (C=O) groups is 1. The molecule has 0 spiro atoms. The van der Waals surface area contributed by atoms with E-state index >= 15 is 0 Å². The van der Waals surface area contributed by atoms with E-state index in [-0.39, 0.29) is 11.4 Å². The molecule has 1 amide bonds. The summed E-state index contributed by atoms with van der Waals surface area (Å²) in [4.78, 5) is 19.2. The third-order valence-electron chi connectivity index (χ3n) is 4.84. The normalized spacial score (nSPS) is 11.6. The number of hydrogen-bond donors (Lipinski definition) is 0.